The Morgan fingerprint density at radius 3 is 1.15 bits per heavy atom. The number of aliphatic hydroxyl groups excluding tert-OH is 2. The molecule has 0 spiro atoms. The fourth-order valence-electron chi connectivity index (χ4n) is 6.52. The highest BCUT2D eigenvalue weighted by atomic mass is 31.2. The molecule has 0 heterocycles. The molecule has 0 bridgehead atoms. The first-order chi connectivity index (χ1) is 26.2. The van der Waals surface area contributed by atoms with E-state index in [1.165, 1.54) is 154 Å². The molecule has 0 aromatic heterocycles. The van der Waals surface area contributed by atoms with Gasteiger partial charge in [0.1, 0.15) is 12.7 Å². The van der Waals surface area contributed by atoms with Gasteiger partial charge in [0.05, 0.1) is 19.8 Å². The van der Waals surface area contributed by atoms with Crippen LogP contribution < -0.4 is 0 Å². The Morgan fingerprint density at radius 1 is 0.481 bits per heavy atom. The second-order valence-electron chi connectivity index (χ2n) is 15.4. The molecule has 54 heavy (non-hydrogen) atoms. The molecule has 10 nitrogen and oxygen atoms in total. The van der Waals surface area contributed by atoms with Crippen molar-refractivity contribution >= 4 is 19.8 Å². The van der Waals surface area contributed by atoms with Gasteiger partial charge in [-0.15, -0.1) is 0 Å². The molecular weight excluding hydrogens is 707 g/mol. The Balaban J connectivity index is 4.19. The zero-order valence-electron chi connectivity index (χ0n) is 35.0. The van der Waals surface area contributed by atoms with Gasteiger partial charge in [0.25, 0.3) is 0 Å². The van der Waals surface area contributed by atoms with Crippen LogP contribution in [0.4, 0.5) is 0 Å². The number of unbranched alkanes of at least 4 members (excludes halogenated alkanes) is 29. The van der Waals surface area contributed by atoms with Gasteiger partial charge < -0.3 is 24.6 Å². The van der Waals surface area contributed by atoms with Crippen molar-refractivity contribution in [1.82, 2.24) is 0 Å². The molecule has 0 saturated carbocycles. The molecule has 11 heteroatoms. The summed E-state index contributed by atoms with van der Waals surface area (Å²) in [6.45, 7) is 2.42. The minimum atomic E-state index is -4.61. The number of hydrogen-bond donors (Lipinski definition) is 3. The third-order valence-corrected chi connectivity index (χ3v) is 11.0. The average molecular weight is 793 g/mol. The van der Waals surface area contributed by atoms with Crippen LogP contribution in [0.3, 0.4) is 0 Å². The van der Waals surface area contributed by atoms with Gasteiger partial charge in [-0.2, -0.15) is 0 Å². The molecule has 0 fully saturated rings. The lowest BCUT2D eigenvalue weighted by Gasteiger charge is -2.20. The number of esters is 2. The number of phosphoric acid groups is 1. The Morgan fingerprint density at radius 2 is 0.796 bits per heavy atom. The SMILES string of the molecule is CCCCCCCCCCCCCCCCCCCCC(=O)OC[C@H](COP(=O)(O)OC[C@@H](O)CO)OC(=O)CCCCCCCCCCCCCCC. The topological polar surface area (TPSA) is 149 Å². The van der Waals surface area contributed by atoms with E-state index >= 15 is 0 Å². The lowest BCUT2D eigenvalue weighted by molar-refractivity contribution is -0.161. The summed E-state index contributed by atoms with van der Waals surface area (Å²) in [7, 11) is -4.61. The third kappa shape index (κ3) is 39.2. The smallest absolute Gasteiger partial charge is 0.462 e. The molecule has 0 amide bonds. The summed E-state index contributed by atoms with van der Waals surface area (Å²) in [5.41, 5.74) is 0. The van der Waals surface area contributed by atoms with Gasteiger partial charge in [0.2, 0.25) is 0 Å². The van der Waals surface area contributed by atoms with E-state index in [1.54, 1.807) is 0 Å². The quantitative estimate of drug-likeness (QED) is 0.0309. The van der Waals surface area contributed by atoms with Crippen molar-refractivity contribution in [1.29, 1.82) is 0 Å². The maximum atomic E-state index is 12.6. The van der Waals surface area contributed by atoms with Crippen LogP contribution in [0.25, 0.3) is 0 Å². The average Bonchev–Trinajstić information content (AvgIpc) is 3.16. The Bertz CT molecular complexity index is 873. The van der Waals surface area contributed by atoms with Crippen LogP contribution in [-0.4, -0.2) is 65.7 Å². The molecule has 3 atom stereocenters. The first-order valence-corrected chi connectivity index (χ1v) is 24.0. The summed E-state index contributed by atoms with van der Waals surface area (Å²) in [4.78, 5) is 35.0. The minimum absolute atomic E-state index is 0.192. The van der Waals surface area contributed by atoms with E-state index < -0.39 is 51.8 Å². The molecule has 3 N–H and O–H groups in total. The van der Waals surface area contributed by atoms with E-state index in [0.717, 1.165) is 32.1 Å². The highest BCUT2D eigenvalue weighted by molar-refractivity contribution is 7.47. The number of phosphoric ester groups is 1. The second-order valence-corrected chi connectivity index (χ2v) is 16.9. The van der Waals surface area contributed by atoms with Crippen molar-refractivity contribution < 1.29 is 47.8 Å². The maximum absolute atomic E-state index is 12.6. The zero-order valence-corrected chi connectivity index (χ0v) is 35.9. The summed E-state index contributed by atoms with van der Waals surface area (Å²) < 4.78 is 32.7. The molecule has 0 radical (unpaired) electrons. The van der Waals surface area contributed by atoms with E-state index in [9.17, 15) is 24.2 Å². The number of rotatable bonds is 43. The van der Waals surface area contributed by atoms with Crippen LogP contribution in [-0.2, 0) is 32.7 Å². The lowest BCUT2D eigenvalue weighted by Crippen LogP contribution is -2.29. The van der Waals surface area contributed by atoms with Gasteiger partial charge in [-0.1, -0.05) is 200 Å². The molecular formula is C43H85O10P. The van der Waals surface area contributed by atoms with Gasteiger partial charge >= 0.3 is 19.8 Å². The summed E-state index contributed by atoms with van der Waals surface area (Å²) in [5.74, 6) is -0.908. The standard InChI is InChI=1S/C43H85O10P/c1-3-5-7-9-11-13-15-17-18-19-20-21-23-24-26-28-30-32-34-42(46)50-38-41(39-52-54(48,49)51-37-40(45)36-44)53-43(47)35-33-31-29-27-25-22-16-14-12-10-8-6-4-2/h40-41,44-45H,3-39H2,1-2H3,(H,48,49)/t40-,41+/m0/s1. The molecule has 0 aliphatic carbocycles. The molecule has 0 aliphatic heterocycles. The molecule has 1 unspecified atom stereocenters. The number of ether oxygens (including phenoxy) is 2. The van der Waals surface area contributed by atoms with E-state index in [0.29, 0.717) is 12.8 Å². The van der Waals surface area contributed by atoms with Crippen LogP contribution in [0.15, 0.2) is 0 Å². The van der Waals surface area contributed by atoms with Crippen molar-refractivity contribution in [2.75, 3.05) is 26.4 Å². The Hall–Kier alpha value is -1.03. The molecule has 322 valence electrons. The van der Waals surface area contributed by atoms with E-state index in [4.69, 9.17) is 23.6 Å². The molecule has 0 rings (SSSR count). The van der Waals surface area contributed by atoms with E-state index in [2.05, 4.69) is 13.8 Å². The third-order valence-electron chi connectivity index (χ3n) is 10.0. The van der Waals surface area contributed by atoms with E-state index in [-0.39, 0.29) is 19.4 Å². The number of carbonyl (C=O) groups is 2. The predicted octanol–water partition coefficient (Wildman–Crippen LogP) is 11.8. The van der Waals surface area contributed by atoms with Gasteiger partial charge in [0, 0.05) is 12.8 Å². The minimum Gasteiger partial charge on any atom is -0.462 e. The molecule has 0 saturated heterocycles. The summed E-state index contributed by atoms with van der Waals surface area (Å²) in [6.07, 6.45) is 36.4. The van der Waals surface area contributed by atoms with Crippen molar-refractivity contribution in [2.45, 2.75) is 238 Å². The van der Waals surface area contributed by atoms with Crippen molar-refractivity contribution in [3.63, 3.8) is 0 Å². The zero-order chi connectivity index (χ0) is 39.8. The van der Waals surface area contributed by atoms with Crippen LogP contribution in [0.1, 0.15) is 226 Å². The first-order valence-electron chi connectivity index (χ1n) is 22.5. The highest BCUT2D eigenvalue weighted by Gasteiger charge is 2.27. The number of aliphatic hydroxyl groups is 2. The van der Waals surface area contributed by atoms with Gasteiger partial charge in [-0.3, -0.25) is 18.6 Å². The van der Waals surface area contributed by atoms with Crippen LogP contribution in [0.5, 0.6) is 0 Å². The van der Waals surface area contributed by atoms with Crippen molar-refractivity contribution in [2.24, 2.45) is 0 Å². The second kappa shape index (κ2) is 40.2. The first kappa shape index (κ1) is 53.0. The lowest BCUT2D eigenvalue weighted by atomic mass is 10.0. The van der Waals surface area contributed by atoms with E-state index in [1.807, 2.05) is 0 Å². The summed E-state index contributed by atoms with van der Waals surface area (Å²) in [6, 6.07) is 0. The molecule has 0 aromatic rings. The Kier molecular flexibility index (Phi) is 39.4. The van der Waals surface area contributed by atoms with Crippen molar-refractivity contribution in [3.8, 4) is 0 Å². The van der Waals surface area contributed by atoms with Gasteiger partial charge in [-0.25, -0.2) is 4.57 Å². The molecule has 0 aromatic carbocycles. The van der Waals surface area contributed by atoms with Crippen LogP contribution >= 0.6 is 7.82 Å². The fourth-order valence-corrected chi connectivity index (χ4v) is 7.31. The molecule has 0 aliphatic rings. The fraction of sp³-hybridized carbons (Fsp3) is 0.953. The normalized spacial score (nSPS) is 13.8. The van der Waals surface area contributed by atoms with Crippen molar-refractivity contribution in [3.05, 3.63) is 0 Å². The largest absolute Gasteiger partial charge is 0.472 e. The summed E-state index contributed by atoms with van der Waals surface area (Å²) >= 11 is 0. The van der Waals surface area contributed by atoms with Crippen LogP contribution in [0, 0.1) is 0 Å². The highest BCUT2D eigenvalue weighted by Crippen LogP contribution is 2.43. The Labute approximate surface area is 331 Å². The predicted molar refractivity (Wildman–Crippen MR) is 219 cm³/mol. The van der Waals surface area contributed by atoms with Crippen LogP contribution in [0.2, 0.25) is 0 Å². The summed E-state index contributed by atoms with van der Waals surface area (Å²) in [5, 5.41) is 18.3. The number of hydrogen-bond acceptors (Lipinski definition) is 9. The number of carbonyl (C=O) groups excluding carboxylic acids is 2. The van der Waals surface area contributed by atoms with Gasteiger partial charge in [0.15, 0.2) is 6.10 Å². The maximum Gasteiger partial charge on any atom is 0.472 e. The monoisotopic (exact) mass is 793 g/mol. The van der Waals surface area contributed by atoms with Gasteiger partial charge in [-0.05, 0) is 12.8 Å².